The number of carboxylic acids is 1. The fraction of sp³-hybridized carbons (Fsp3) is 0.450. The van der Waals surface area contributed by atoms with E-state index in [2.05, 4.69) is 19.1 Å². The van der Waals surface area contributed by atoms with Crippen LogP contribution in [0, 0.1) is 5.41 Å². The Morgan fingerprint density at radius 3 is 2.50 bits per heavy atom. The van der Waals surface area contributed by atoms with Gasteiger partial charge in [-0.2, -0.15) is 0 Å². The molecule has 1 unspecified atom stereocenters. The monoisotopic (exact) mass is 300 g/mol. The van der Waals surface area contributed by atoms with Crippen LogP contribution in [0.1, 0.15) is 53.9 Å². The van der Waals surface area contributed by atoms with E-state index in [4.69, 9.17) is 0 Å². The van der Waals surface area contributed by atoms with Gasteiger partial charge in [0.1, 0.15) is 0 Å². The highest BCUT2D eigenvalue weighted by molar-refractivity contribution is 5.80. The summed E-state index contributed by atoms with van der Waals surface area (Å²) >= 11 is 0. The van der Waals surface area contributed by atoms with E-state index < -0.39 is 11.4 Å². The molecule has 0 saturated heterocycles. The van der Waals surface area contributed by atoms with Gasteiger partial charge in [-0.3, -0.25) is 4.79 Å². The van der Waals surface area contributed by atoms with Crippen molar-refractivity contribution in [1.82, 2.24) is 0 Å². The zero-order valence-electron chi connectivity index (χ0n) is 14.4. The standard InChI is InChI=1S/C20H28O2/c1-6-15(2)9-7-10-16(3)12-13-18-17(4)11-8-14-20(18,5)19(21)22/h6-7,9-10,12-13H,8,11,14H2,1-5H3,(H,21,22). The maximum Gasteiger partial charge on any atom is 0.313 e. The Balaban J connectivity index is 2.97. The Morgan fingerprint density at radius 1 is 1.23 bits per heavy atom. The maximum atomic E-state index is 11.7. The SMILES string of the molecule is CC=C(C)C=CC=C(C)C=CC1=C(C)CCCC1(C)C(=O)O. The third-order valence-corrected chi connectivity index (χ3v) is 4.44. The zero-order valence-corrected chi connectivity index (χ0v) is 14.4. The first kappa shape index (κ1) is 18.2. The van der Waals surface area contributed by atoms with E-state index in [1.54, 1.807) is 0 Å². The van der Waals surface area contributed by atoms with Gasteiger partial charge in [0.2, 0.25) is 0 Å². The molecule has 0 heterocycles. The van der Waals surface area contributed by atoms with E-state index >= 15 is 0 Å². The van der Waals surface area contributed by atoms with E-state index in [0.717, 1.165) is 24.0 Å². The van der Waals surface area contributed by atoms with Crippen molar-refractivity contribution in [2.45, 2.75) is 53.9 Å². The van der Waals surface area contributed by atoms with Gasteiger partial charge in [-0.1, -0.05) is 53.2 Å². The van der Waals surface area contributed by atoms with Crippen LogP contribution in [0.15, 0.2) is 58.7 Å². The normalized spacial score (nSPS) is 24.6. The third kappa shape index (κ3) is 4.59. The number of hydrogen-bond acceptors (Lipinski definition) is 1. The van der Waals surface area contributed by atoms with E-state index in [9.17, 15) is 9.90 Å². The molecular formula is C20H28O2. The van der Waals surface area contributed by atoms with Gasteiger partial charge in [0, 0.05) is 0 Å². The molecule has 0 aromatic rings. The second-order valence-corrected chi connectivity index (χ2v) is 6.32. The molecule has 0 fully saturated rings. The molecule has 0 spiro atoms. The Hall–Kier alpha value is -1.83. The fourth-order valence-electron chi connectivity index (χ4n) is 2.71. The summed E-state index contributed by atoms with van der Waals surface area (Å²) < 4.78 is 0. The van der Waals surface area contributed by atoms with Crippen molar-refractivity contribution in [3.63, 3.8) is 0 Å². The van der Waals surface area contributed by atoms with Gasteiger partial charge in [0.05, 0.1) is 5.41 Å². The topological polar surface area (TPSA) is 37.3 Å². The number of carboxylic acid groups (broad SMARTS) is 1. The first-order chi connectivity index (χ1) is 10.3. The summed E-state index contributed by atoms with van der Waals surface area (Å²) in [6.45, 7) is 9.99. The van der Waals surface area contributed by atoms with E-state index in [1.807, 2.05) is 52.0 Å². The Labute approximate surface area is 134 Å². The van der Waals surface area contributed by atoms with Crippen molar-refractivity contribution in [2.24, 2.45) is 5.41 Å². The number of carbonyl (C=O) groups is 1. The predicted molar refractivity (Wildman–Crippen MR) is 93.8 cm³/mol. The van der Waals surface area contributed by atoms with Crippen LogP contribution in [0.4, 0.5) is 0 Å². The highest BCUT2D eigenvalue weighted by Gasteiger charge is 2.38. The molecule has 1 atom stereocenters. The first-order valence-electron chi connectivity index (χ1n) is 7.91. The highest BCUT2D eigenvalue weighted by Crippen LogP contribution is 2.41. The lowest BCUT2D eigenvalue weighted by Crippen LogP contribution is -2.32. The number of aliphatic carboxylic acids is 1. The summed E-state index contributed by atoms with van der Waals surface area (Å²) in [7, 11) is 0. The van der Waals surface area contributed by atoms with Crippen molar-refractivity contribution in [1.29, 1.82) is 0 Å². The molecule has 120 valence electrons. The molecule has 2 nitrogen and oxygen atoms in total. The Kier molecular flexibility index (Phi) is 6.61. The minimum Gasteiger partial charge on any atom is -0.481 e. The summed E-state index contributed by atoms with van der Waals surface area (Å²) in [6.07, 6.45) is 14.8. The predicted octanol–water partition coefficient (Wildman–Crippen LogP) is 5.60. The van der Waals surface area contributed by atoms with Crippen molar-refractivity contribution < 1.29 is 9.90 Å². The van der Waals surface area contributed by atoms with Crippen LogP contribution in [0.3, 0.4) is 0 Å². The zero-order chi connectivity index (χ0) is 16.8. The molecule has 0 amide bonds. The van der Waals surface area contributed by atoms with Gasteiger partial charge in [-0.05, 0) is 59.5 Å². The molecule has 0 saturated carbocycles. The van der Waals surface area contributed by atoms with Crippen LogP contribution in [0.2, 0.25) is 0 Å². The first-order valence-corrected chi connectivity index (χ1v) is 7.91. The molecule has 0 aromatic heterocycles. The van der Waals surface area contributed by atoms with E-state index in [1.165, 1.54) is 11.1 Å². The number of rotatable bonds is 5. The molecule has 22 heavy (non-hydrogen) atoms. The largest absolute Gasteiger partial charge is 0.481 e. The lowest BCUT2D eigenvalue weighted by molar-refractivity contribution is -0.146. The molecule has 1 aliphatic rings. The van der Waals surface area contributed by atoms with Crippen LogP contribution in [0.5, 0.6) is 0 Å². The lowest BCUT2D eigenvalue weighted by atomic mass is 9.71. The molecule has 0 bridgehead atoms. The molecule has 1 N–H and O–H groups in total. The van der Waals surface area contributed by atoms with Crippen LogP contribution in [-0.2, 0) is 4.79 Å². The fourth-order valence-corrected chi connectivity index (χ4v) is 2.71. The third-order valence-electron chi connectivity index (χ3n) is 4.44. The molecule has 1 aliphatic carbocycles. The molecule has 0 aromatic carbocycles. The van der Waals surface area contributed by atoms with Crippen molar-refractivity contribution in [3.05, 3.63) is 58.7 Å². The second kappa shape index (κ2) is 7.98. The van der Waals surface area contributed by atoms with Crippen LogP contribution in [-0.4, -0.2) is 11.1 Å². The van der Waals surface area contributed by atoms with Crippen LogP contribution < -0.4 is 0 Å². The minimum absolute atomic E-state index is 0.711. The second-order valence-electron chi connectivity index (χ2n) is 6.32. The van der Waals surface area contributed by atoms with E-state index in [-0.39, 0.29) is 0 Å². The number of hydrogen-bond donors (Lipinski definition) is 1. The van der Waals surface area contributed by atoms with E-state index in [0.29, 0.717) is 6.42 Å². The lowest BCUT2D eigenvalue weighted by Gasteiger charge is -2.32. The summed E-state index contributed by atoms with van der Waals surface area (Å²) in [5, 5.41) is 9.58. The summed E-state index contributed by atoms with van der Waals surface area (Å²) in [6, 6.07) is 0. The summed E-state index contributed by atoms with van der Waals surface area (Å²) in [4.78, 5) is 11.7. The number of allylic oxidation sites excluding steroid dienone is 9. The molecule has 1 rings (SSSR count). The minimum atomic E-state index is -0.753. The molecule has 0 aliphatic heterocycles. The van der Waals surface area contributed by atoms with Gasteiger partial charge in [0.15, 0.2) is 0 Å². The van der Waals surface area contributed by atoms with Gasteiger partial charge < -0.3 is 5.11 Å². The smallest absolute Gasteiger partial charge is 0.313 e. The van der Waals surface area contributed by atoms with Gasteiger partial charge in [-0.25, -0.2) is 0 Å². The Morgan fingerprint density at radius 2 is 1.91 bits per heavy atom. The molecule has 2 heteroatoms. The average Bonchev–Trinajstić information content (AvgIpc) is 2.46. The van der Waals surface area contributed by atoms with Crippen molar-refractivity contribution >= 4 is 5.97 Å². The van der Waals surface area contributed by atoms with Gasteiger partial charge in [-0.15, -0.1) is 0 Å². The summed E-state index contributed by atoms with van der Waals surface area (Å²) in [5.74, 6) is -0.726. The van der Waals surface area contributed by atoms with Crippen molar-refractivity contribution in [2.75, 3.05) is 0 Å². The highest BCUT2D eigenvalue weighted by atomic mass is 16.4. The van der Waals surface area contributed by atoms with Gasteiger partial charge in [0.25, 0.3) is 0 Å². The van der Waals surface area contributed by atoms with Crippen LogP contribution >= 0.6 is 0 Å². The molecular weight excluding hydrogens is 272 g/mol. The van der Waals surface area contributed by atoms with Crippen molar-refractivity contribution in [3.8, 4) is 0 Å². The Bertz CT molecular complexity index is 571. The quantitative estimate of drug-likeness (QED) is 0.671. The average molecular weight is 300 g/mol. The van der Waals surface area contributed by atoms with Crippen LogP contribution in [0.25, 0.3) is 0 Å². The maximum absolute atomic E-state index is 11.7. The van der Waals surface area contributed by atoms with Gasteiger partial charge >= 0.3 is 5.97 Å². The molecule has 0 radical (unpaired) electrons. The summed E-state index contributed by atoms with van der Waals surface area (Å²) in [5.41, 5.74) is 3.74.